The number of hydrogen-bond donors (Lipinski definition) is 0. The predicted molar refractivity (Wildman–Crippen MR) is 69.9 cm³/mol. The summed E-state index contributed by atoms with van der Waals surface area (Å²) in [4.78, 5) is 11.8. The second-order valence-corrected chi connectivity index (χ2v) is 4.02. The van der Waals surface area contributed by atoms with Gasteiger partial charge in [-0.3, -0.25) is 4.79 Å². The number of hydrogen-bond acceptors (Lipinski definition) is 3. The minimum absolute atomic E-state index is 0.0159. The molecule has 0 saturated heterocycles. The molecule has 1 aromatic carbocycles. The van der Waals surface area contributed by atoms with Crippen LogP contribution in [-0.2, 0) is 0 Å². The SMILES string of the molecule is Cc1ccc(C(=O)C=Cc2ccccc2OC(F)F)o1. The number of aryl methyl sites for hydroxylation is 1. The number of ketones is 1. The van der Waals surface area contributed by atoms with Gasteiger partial charge in [0.1, 0.15) is 11.5 Å². The fourth-order valence-corrected chi connectivity index (χ4v) is 1.64. The molecule has 2 aromatic rings. The maximum absolute atomic E-state index is 12.2. The third kappa shape index (κ3) is 3.54. The standard InChI is InChI=1S/C15H12F2O3/c1-10-6-9-14(19-10)12(18)8-7-11-4-2-3-5-13(11)20-15(16)17/h2-9,15H,1H3. The summed E-state index contributed by atoms with van der Waals surface area (Å²) in [6.45, 7) is -1.18. The zero-order valence-corrected chi connectivity index (χ0v) is 10.7. The summed E-state index contributed by atoms with van der Waals surface area (Å²) in [5.74, 6) is 0.501. The third-order valence-corrected chi connectivity index (χ3v) is 2.53. The number of benzene rings is 1. The molecule has 0 bridgehead atoms. The van der Waals surface area contributed by atoms with E-state index in [0.717, 1.165) is 0 Å². The van der Waals surface area contributed by atoms with E-state index in [9.17, 15) is 13.6 Å². The van der Waals surface area contributed by atoms with Crippen LogP contribution in [0.3, 0.4) is 0 Å². The van der Waals surface area contributed by atoms with E-state index in [1.54, 1.807) is 37.3 Å². The summed E-state index contributed by atoms with van der Waals surface area (Å²) < 4.78 is 34.0. The number of halogens is 2. The van der Waals surface area contributed by atoms with Crippen molar-refractivity contribution in [3.05, 3.63) is 59.6 Å². The van der Waals surface area contributed by atoms with Gasteiger partial charge in [-0.2, -0.15) is 8.78 Å². The molecule has 2 rings (SSSR count). The summed E-state index contributed by atoms with van der Waals surface area (Å²) in [5.41, 5.74) is 0.393. The Kier molecular flexibility index (Phi) is 4.30. The molecular weight excluding hydrogens is 266 g/mol. The van der Waals surface area contributed by atoms with Crippen LogP contribution in [0.25, 0.3) is 6.08 Å². The van der Waals surface area contributed by atoms with Crippen LogP contribution in [0, 0.1) is 6.92 Å². The van der Waals surface area contributed by atoms with E-state index in [1.165, 1.54) is 18.2 Å². The van der Waals surface area contributed by atoms with Gasteiger partial charge in [0.2, 0.25) is 5.78 Å². The van der Waals surface area contributed by atoms with Crippen molar-refractivity contribution in [1.29, 1.82) is 0 Å². The van der Waals surface area contributed by atoms with Crippen molar-refractivity contribution in [1.82, 2.24) is 0 Å². The van der Waals surface area contributed by atoms with Gasteiger partial charge in [-0.1, -0.05) is 18.2 Å². The quantitative estimate of drug-likeness (QED) is 0.611. The molecule has 0 atom stereocenters. The predicted octanol–water partition coefficient (Wildman–Crippen LogP) is 4.09. The average molecular weight is 278 g/mol. The normalized spacial score (nSPS) is 11.2. The molecule has 0 radical (unpaired) electrons. The van der Waals surface area contributed by atoms with Gasteiger partial charge in [0.15, 0.2) is 5.76 Å². The molecule has 0 spiro atoms. The first kappa shape index (κ1) is 14.0. The van der Waals surface area contributed by atoms with Gasteiger partial charge < -0.3 is 9.15 Å². The lowest BCUT2D eigenvalue weighted by Crippen LogP contribution is -2.03. The minimum atomic E-state index is -2.91. The molecule has 0 aliphatic carbocycles. The van der Waals surface area contributed by atoms with Crippen molar-refractivity contribution in [2.75, 3.05) is 0 Å². The zero-order valence-electron chi connectivity index (χ0n) is 10.7. The second-order valence-electron chi connectivity index (χ2n) is 4.02. The Morgan fingerprint density at radius 1 is 1.25 bits per heavy atom. The van der Waals surface area contributed by atoms with E-state index in [4.69, 9.17) is 4.42 Å². The molecule has 0 aliphatic rings. The molecule has 3 nitrogen and oxygen atoms in total. The highest BCUT2D eigenvalue weighted by atomic mass is 19.3. The third-order valence-electron chi connectivity index (χ3n) is 2.53. The Labute approximate surface area is 114 Å². The van der Waals surface area contributed by atoms with E-state index < -0.39 is 6.61 Å². The summed E-state index contributed by atoms with van der Waals surface area (Å²) in [5, 5.41) is 0. The van der Waals surface area contributed by atoms with Crippen molar-refractivity contribution in [3.63, 3.8) is 0 Å². The van der Waals surface area contributed by atoms with Gasteiger partial charge >= 0.3 is 6.61 Å². The molecule has 20 heavy (non-hydrogen) atoms. The van der Waals surface area contributed by atoms with Gasteiger partial charge in [0.05, 0.1) is 0 Å². The summed E-state index contributed by atoms with van der Waals surface area (Å²) in [6, 6.07) is 9.47. The van der Waals surface area contributed by atoms with Crippen LogP contribution >= 0.6 is 0 Å². The van der Waals surface area contributed by atoms with Gasteiger partial charge in [-0.15, -0.1) is 0 Å². The number of ether oxygens (including phenoxy) is 1. The molecule has 0 aliphatic heterocycles. The van der Waals surface area contributed by atoms with Gasteiger partial charge in [-0.25, -0.2) is 0 Å². The number of allylic oxidation sites excluding steroid dienone is 1. The van der Waals surface area contributed by atoms with Crippen LogP contribution in [0.1, 0.15) is 21.9 Å². The van der Waals surface area contributed by atoms with Crippen molar-refractivity contribution in [3.8, 4) is 5.75 Å². The molecule has 0 N–H and O–H groups in total. The van der Waals surface area contributed by atoms with Gasteiger partial charge in [0.25, 0.3) is 0 Å². The van der Waals surface area contributed by atoms with E-state index in [-0.39, 0.29) is 17.3 Å². The highest BCUT2D eigenvalue weighted by molar-refractivity contribution is 6.05. The highest BCUT2D eigenvalue weighted by Crippen LogP contribution is 2.21. The molecule has 0 amide bonds. The van der Waals surface area contributed by atoms with Crippen LogP contribution < -0.4 is 4.74 Å². The topological polar surface area (TPSA) is 39.4 Å². The first-order valence-electron chi connectivity index (χ1n) is 5.89. The Balaban J connectivity index is 2.17. The van der Waals surface area contributed by atoms with Crippen LogP contribution in [-0.4, -0.2) is 12.4 Å². The largest absolute Gasteiger partial charge is 0.458 e. The van der Waals surface area contributed by atoms with Gasteiger partial charge in [-0.05, 0) is 37.3 Å². The fourth-order valence-electron chi connectivity index (χ4n) is 1.64. The van der Waals surface area contributed by atoms with Crippen LogP contribution in [0.2, 0.25) is 0 Å². The maximum atomic E-state index is 12.2. The number of alkyl halides is 2. The summed E-state index contributed by atoms with van der Waals surface area (Å²) >= 11 is 0. The van der Waals surface area contributed by atoms with Gasteiger partial charge in [0, 0.05) is 5.56 Å². The van der Waals surface area contributed by atoms with Crippen LogP contribution in [0.4, 0.5) is 8.78 Å². The molecule has 5 heteroatoms. The summed E-state index contributed by atoms with van der Waals surface area (Å²) in [7, 11) is 0. The van der Waals surface area contributed by atoms with E-state index >= 15 is 0 Å². The molecule has 0 saturated carbocycles. The fraction of sp³-hybridized carbons (Fsp3) is 0.133. The number of para-hydroxylation sites is 1. The van der Waals surface area contributed by atoms with Crippen molar-refractivity contribution in [2.24, 2.45) is 0 Å². The Hall–Kier alpha value is -2.43. The van der Waals surface area contributed by atoms with E-state index in [2.05, 4.69) is 4.74 Å². The molecule has 1 aromatic heterocycles. The van der Waals surface area contributed by atoms with Crippen molar-refractivity contribution in [2.45, 2.75) is 13.5 Å². The lowest BCUT2D eigenvalue weighted by molar-refractivity contribution is -0.0499. The zero-order chi connectivity index (χ0) is 14.5. The minimum Gasteiger partial charge on any atom is -0.458 e. The van der Waals surface area contributed by atoms with Crippen LogP contribution in [0.15, 0.2) is 46.9 Å². The Bertz CT molecular complexity index is 630. The van der Waals surface area contributed by atoms with Crippen molar-refractivity contribution < 1.29 is 22.7 Å². The van der Waals surface area contributed by atoms with Crippen LogP contribution in [0.5, 0.6) is 5.75 Å². The lowest BCUT2D eigenvalue weighted by Gasteiger charge is -2.06. The monoisotopic (exact) mass is 278 g/mol. The smallest absolute Gasteiger partial charge is 0.387 e. The van der Waals surface area contributed by atoms with E-state index in [0.29, 0.717) is 11.3 Å². The second kappa shape index (κ2) is 6.14. The number of carbonyl (C=O) groups excluding carboxylic acids is 1. The summed E-state index contributed by atoms with van der Waals surface area (Å²) in [6.07, 6.45) is 2.67. The first-order valence-corrected chi connectivity index (χ1v) is 5.89. The lowest BCUT2D eigenvalue weighted by atomic mass is 10.1. The Morgan fingerprint density at radius 3 is 2.65 bits per heavy atom. The average Bonchev–Trinajstić information content (AvgIpc) is 2.83. The molecule has 104 valence electrons. The molecule has 0 fully saturated rings. The Morgan fingerprint density at radius 2 is 2.00 bits per heavy atom. The highest BCUT2D eigenvalue weighted by Gasteiger charge is 2.09. The molecular formula is C15H12F2O3. The number of carbonyl (C=O) groups is 1. The molecule has 1 heterocycles. The maximum Gasteiger partial charge on any atom is 0.387 e. The number of rotatable bonds is 5. The first-order chi connectivity index (χ1) is 9.56. The van der Waals surface area contributed by atoms with E-state index in [1.807, 2.05) is 0 Å². The van der Waals surface area contributed by atoms with Crippen molar-refractivity contribution >= 4 is 11.9 Å². The molecule has 0 unspecified atom stereocenters. The number of furan rings is 1.